The van der Waals surface area contributed by atoms with Gasteiger partial charge in [-0.25, -0.2) is 4.98 Å². The van der Waals surface area contributed by atoms with E-state index in [1.165, 1.54) is 6.42 Å². The Labute approximate surface area is 163 Å². The highest BCUT2D eigenvalue weighted by Crippen LogP contribution is 2.32. The molecule has 25 heavy (non-hydrogen) atoms. The molecule has 0 bridgehead atoms. The SMILES string of the molecule is Cl.O=C(OC(Cn1ccnc1)c1ccc(Cl)cc1Cl)C1CCCCC1. The van der Waals surface area contributed by atoms with E-state index in [4.69, 9.17) is 27.9 Å². The van der Waals surface area contributed by atoms with Crippen molar-refractivity contribution in [2.45, 2.75) is 44.8 Å². The number of rotatable bonds is 5. The summed E-state index contributed by atoms with van der Waals surface area (Å²) in [6.07, 6.45) is 9.97. The number of nitrogens with zero attached hydrogens (tertiary/aromatic N) is 2. The maximum absolute atomic E-state index is 12.6. The third-order valence-electron chi connectivity index (χ3n) is 4.44. The van der Waals surface area contributed by atoms with E-state index in [2.05, 4.69) is 4.98 Å². The van der Waals surface area contributed by atoms with Crippen LogP contribution in [0.4, 0.5) is 0 Å². The molecule has 0 saturated heterocycles. The molecule has 1 aromatic carbocycles. The number of ether oxygens (including phenoxy) is 1. The van der Waals surface area contributed by atoms with Gasteiger partial charge in [0.15, 0.2) is 0 Å². The lowest BCUT2D eigenvalue weighted by molar-refractivity contribution is -0.156. The van der Waals surface area contributed by atoms with Crippen LogP contribution in [0.25, 0.3) is 0 Å². The Morgan fingerprint density at radius 3 is 2.68 bits per heavy atom. The van der Waals surface area contributed by atoms with Crippen LogP contribution in [0.2, 0.25) is 10.0 Å². The smallest absolute Gasteiger partial charge is 0.309 e. The molecule has 1 atom stereocenters. The number of hydrogen-bond donors (Lipinski definition) is 0. The molecule has 0 aliphatic heterocycles. The van der Waals surface area contributed by atoms with Crippen LogP contribution in [0.5, 0.6) is 0 Å². The van der Waals surface area contributed by atoms with Crippen molar-refractivity contribution in [3.05, 3.63) is 52.5 Å². The Kier molecular flexibility index (Phi) is 7.60. The maximum Gasteiger partial charge on any atom is 0.309 e. The molecule has 1 unspecified atom stereocenters. The fourth-order valence-electron chi connectivity index (χ4n) is 3.12. The summed E-state index contributed by atoms with van der Waals surface area (Å²) in [5.74, 6) is -0.138. The van der Waals surface area contributed by atoms with Crippen molar-refractivity contribution in [3.63, 3.8) is 0 Å². The van der Waals surface area contributed by atoms with Gasteiger partial charge < -0.3 is 9.30 Å². The minimum atomic E-state index is -0.460. The number of carbonyl (C=O) groups is 1. The molecule has 1 aliphatic carbocycles. The van der Waals surface area contributed by atoms with Gasteiger partial charge >= 0.3 is 5.97 Å². The van der Waals surface area contributed by atoms with Gasteiger partial charge in [0.1, 0.15) is 6.10 Å². The molecule has 1 aliphatic rings. The van der Waals surface area contributed by atoms with Gasteiger partial charge in [-0.3, -0.25) is 4.79 Å². The first-order valence-corrected chi connectivity index (χ1v) is 9.00. The molecular formula is C18H21Cl3N2O2. The van der Waals surface area contributed by atoms with E-state index < -0.39 is 6.10 Å². The van der Waals surface area contributed by atoms with Crippen LogP contribution in [-0.2, 0) is 16.1 Å². The molecule has 1 heterocycles. The molecule has 0 N–H and O–H groups in total. The summed E-state index contributed by atoms with van der Waals surface area (Å²) in [4.78, 5) is 16.6. The summed E-state index contributed by atoms with van der Waals surface area (Å²) in [7, 11) is 0. The molecule has 0 spiro atoms. The number of imidazole rings is 1. The van der Waals surface area contributed by atoms with Crippen LogP contribution < -0.4 is 0 Å². The lowest BCUT2D eigenvalue weighted by atomic mass is 9.89. The topological polar surface area (TPSA) is 44.1 Å². The summed E-state index contributed by atoms with van der Waals surface area (Å²) < 4.78 is 7.73. The second-order valence-corrected chi connectivity index (χ2v) is 7.03. The predicted octanol–water partition coefficient (Wildman–Crippen LogP) is 5.48. The Balaban J connectivity index is 0.00000225. The second kappa shape index (κ2) is 9.46. The molecule has 1 aromatic heterocycles. The van der Waals surface area contributed by atoms with Crippen molar-refractivity contribution < 1.29 is 9.53 Å². The highest BCUT2D eigenvalue weighted by atomic mass is 35.5. The number of halogens is 3. The monoisotopic (exact) mass is 402 g/mol. The first-order chi connectivity index (χ1) is 11.6. The number of carbonyl (C=O) groups excluding carboxylic acids is 1. The lowest BCUT2D eigenvalue weighted by Crippen LogP contribution is -2.24. The van der Waals surface area contributed by atoms with E-state index in [-0.39, 0.29) is 24.3 Å². The summed E-state index contributed by atoms with van der Waals surface area (Å²) in [5.41, 5.74) is 0.763. The van der Waals surface area contributed by atoms with Gasteiger partial charge in [-0.05, 0) is 25.0 Å². The van der Waals surface area contributed by atoms with Crippen LogP contribution in [0, 0.1) is 5.92 Å². The first-order valence-electron chi connectivity index (χ1n) is 8.24. The van der Waals surface area contributed by atoms with Crippen molar-refractivity contribution in [1.82, 2.24) is 9.55 Å². The fourth-order valence-corrected chi connectivity index (χ4v) is 3.65. The average molecular weight is 404 g/mol. The average Bonchev–Trinajstić information content (AvgIpc) is 3.08. The molecule has 3 rings (SSSR count). The maximum atomic E-state index is 12.6. The molecular weight excluding hydrogens is 383 g/mol. The van der Waals surface area contributed by atoms with Crippen molar-refractivity contribution in [3.8, 4) is 0 Å². The molecule has 1 fully saturated rings. The summed E-state index contributed by atoms with van der Waals surface area (Å²) in [5, 5.41) is 1.06. The van der Waals surface area contributed by atoms with Crippen LogP contribution >= 0.6 is 35.6 Å². The van der Waals surface area contributed by atoms with Gasteiger partial charge in [0.2, 0.25) is 0 Å². The van der Waals surface area contributed by atoms with Crippen molar-refractivity contribution in [2.75, 3.05) is 0 Å². The standard InChI is InChI=1S/C18H20Cl2N2O2.ClH/c19-14-6-7-15(16(20)10-14)17(11-22-9-8-21-12-22)24-18(23)13-4-2-1-3-5-13;/h6-10,12-13,17H,1-5,11H2;1H. The summed E-state index contributed by atoms with van der Waals surface area (Å²) in [6, 6.07) is 5.26. The number of benzene rings is 1. The Hall–Kier alpha value is -1.23. The Bertz CT molecular complexity index is 686. The van der Waals surface area contributed by atoms with Crippen molar-refractivity contribution >= 4 is 41.6 Å². The zero-order valence-corrected chi connectivity index (χ0v) is 16.1. The summed E-state index contributed by atoms with van der Waals surface area (Å²) >= 11 is 12.3. The van der Waals surface area contributed by atoms with Crippen LogP contribution in [-0.4, -0.2) is 15.5 Å². The highest BCUT2D eigenvalue weighted by molar-refractivity contribution is 6.35. The third-order valence-corrected chi connectivity index (χ3v) is 5.00. The zero-order valence-electron chi connectivity index (χ0n) is 13.7. The van der Waals surface area contributed by atoms with E-state index in [9.17, 15) is 4.79 Å². The van der Waals surface area contributed by atoms with Crippen LogP contribution in [0.1, 0.15) is 43.8 Å². The van der Waals surface area contributed by atoms with Crippen molar-refractivity contribution in [1.29, 1.82) is 0 Å². The van der Waals surface area contributed by atoms with Crippen LogP contribution in [0.3, 0.4) is 0 Å². The predicted molar refractivity (Wildman–Crippen MR) is 101 cm³/mol. The van der Waals surface area contributed by atoms with E-state index in [0.29, 0.717) is 16.6 Å². The molecule has 2 aromatic rings. The molecule has 0 amide bonds. The van der Waals surface area contributed by atoms with Gasteiger partial charge in [-0.2, -0.15) is 0 Å². The molecule has 0 radical (unpaired) electrons. The number of esters is 1. The van der Waals surface area contributed by atoms with E-state index in [1.807, 2.05) is 16.8 Å². The van der Waals surface area contributed by atoms with Crippen LogP contribution in [0.15, 0.2) is 36.9 Å². The summed E-state index contributed by atoms with van der Waals surface area (Å²) in [6.45, 7) is 0.472. The number of aromatic nitrogens is 2. The van der Waals surface area contributed by atoms with Gasteiger partial charge in [-0.15, -0.1) is 12.4 Å². The molecule has 1 saturated carbocycles. The van der Waals surface area contributed by atoms with E-state index in [1.54, 1.807) is 24.7 Å². The minimum Gasteiger partial charge on any atom is -0.455 e. The first kappa shape index (κ1) is 20.1. The Morgan fingerprint density at radius 1 is 1.28 bits per heavy atom. The van der Waals surface area contributed by atoms with Gasteiger partial charge in [-0.1, -0.05) is 48.5 Å². The fraction of sp³-hybridized carbons (Fsp3) is 0.444. The normalized spacial score (nSPS) is 16.1. The van der Waals surface area contributed by atoms with E-state index >= 15 is 0 Å². The quantitative estimate of drug-likeness (QED) is 0.621. The minimum absolute atomic E-state index is 0. The largest absolute Gasteiger partial charge is 0.455 e. The lowest BCUT2D eigenvalue weighted by Gasteiger charge is -2.25. The van der Waals surface area contributed by atoms with E-state index in [0.717, 1.165) is 31.2 Å². The van der Waals surface area contributed by atoms with Gasteiger partial charge in [0.05, 0.1) is 18.8 Å². The highest BCUT2D eigenvalue weighted by Gasteiger charge is 2.27. The zero-order chi connectivity index (χ0) is 16.9. The molecule has 136 valence electrons. The molecule has 7 heteroatoms. The molecule has 4 nitrogen and oxygen atoms in total. The Morgan fingerprint density at radius 2 is 2.04 bits per heavy atom. The van der Waals surface area contributed by atoms with Crippen molar-refractivity contribution in [2.24, 2.45) is 5.92 Å². The van der Waals surface area contributed by atoms with Gasteiger partial charge in [0, 0.05) is 28.0 Å². The van der Waals surface area contributed by atoms with Gasteiger partial charge in [0.25, 0.3) is 0 Å². The second-order valence-electron chi connectivity index (χ2n) is 6.19. The third kappa shape index (κ3) is 5.37. The number of hydrogen-bond acceptors (Lipinski definition) is 3.